The molecule has 0 aliphatic rings. The minimum atomic E-state index is -4.51. The average molecular weight is 420 g/mol. The number of rotatable bonds is 5. The summed E-state index contributed by atoms with van der Waals surface area (Å²) in [5.41, 5.74) is 8.40. The zero-order chi connectivity index (χ0) is 18.9. The lowest BCUT2D eigenvalue weighted by Gasteiger charge is -2.07. The fourth-order valence-electron chi connectivity index (χ4n) is 2.28. The van der Waals surface area contributed by atoms with Crippen LogP contribution >= 0.6 is 34.9 Å². The van der Waals surface area contributed by atoms with Crippen molar-refractivity contribution in [3.63, 3.8) is 0 Å². The van der Waals surface area contributed by atoms with Gasteiger partial charge in [0.1, 0.15) is 5.15 Å². The van der Waals surface area contributed by atoms with Crippen molar-refractivity contribution in [2.45, 2.75) is 23.6 Å². The van der Waals surface area contributed by atoms with E-state index in [9.17, 15) is 13.2 Å². The number of aromatic nitrogens is 4. The van der Waals surface area contributed by atoms with Gasteiger partial charge in [0.05, 0.1) is 4.88 Å². The van der Waals surface area contributed by atoms with Gasteiger partial charge in [-0.2, -0.15) is 17.5 Å². The van der Waals surface area contributed by atoms with Crippen LogP contribution in [0.25, 0.3) is 10.4 Å². The summed E-state index contributed by atoms with van der Waals surface area (Å²) in [6.45, 7) is 0.302. The van der Waals surface area contributed by atoms with Gasteiger partial charge in [-0.1, -0.05) is 47.6 Å². The van der Waals surface area contributed by atoms with Gasteiger partial charge >= 0.3 is 6.18 Å². The fourth-order valence-corrected chi connectivity index (χ4v) is 4.29. The molecule has 0 aliphatic carbocycles. The third-order valence-corrected chi connectivity index (χ3v) is 6.06. The molecule has 26 heavy (non-hydrogen) atoms. The number of nitrogens with two attached hydrogens (primary N) is 1. The summed E-state index contributed by atoms with van der Waals surface area (Å²) in [7, 11) is 1.30. The van der Waals surface area contributed by atoms with Gasteiger partial charge < -0.3 is 10.3 Å². The first-order valence-corrected chi connectivity index (χ1v) is 9.47. The van der Waals surface area contributed by atoms with E-state index in [-0.39, 0.29) is 5.16 Å². The topological polar surface area (TPSA) is 69.6 Å². The predicted octanol–water partition coefficient (Wildman–Crippen LogP) is 4.36. The van der Waals surface area contributed by atoms with Gasteiger partial charge in [-0.3, -0.25) is 0 Å². The normalized spacial score (nSPS) is 11.9. The molecule has 0 spiro atoms. The lowest BCUT2D eigenvalue weighted by molar-refractivity contribution is -0.147. The monoisotopic (exact) mass is 419 g/mol. The molecule has 0 unspecified atom stereocenters. The largest absolute Gasteiger partial charge is 0.451 e. The summed E-state index contributed by atoms with van der Waals surface area (Å²) in [6.07, 6.45) is -4.51. The SMILES string of the molecule is Cn1c(SCc2ccc(-c3snc(Cl)c3CN)cc2)nnc1C(F)(F)F. The van der Waals surface area contributed by atoms with Crippen LogP contribution in [-0.4, -0.2) is 19.1 Å². The Kier molecular flexibility index (Phi) is 5.56. The van der Waals surface area contributed by atoms with E-state index in [0.29, 0.717) is 17.5 Å². The molecule has 0 atom stereocenters. The molecule has 2 aromatic heterocycles. The molecule has 5 nitrogen and oxygen atoms in total. The quantitative estimate of drug-likeness (QED) is 0.622. The van der Waals surface area contributed by atoms with Gasteiger partial charge in [0.25, 0.3) is 0 Å². The van der Waals surface area contributed by atoms with E-state index >= 15 is 0 Å². The number of halogens is 4. The molecule has 0 aliphatic heterocycles. The predicted molar refractivity (Wildman–Crippen MR) is 96.0 cm³/mol. The fraction of sp³-hybridized carbons (Fsp3) is 0.267. The molecule has 0 amide bonds. The minimum absolute atomic E-state index is 0.209. The molecule has 0 bridgehead atoms. The minimum Gasteiger partial charge on any atom is -0.326 e. The Labute approximate surface area is 160 Å². The average Bonchev–Trinajstić information content (AvgIpc) is 3.15. The maximum atomic E-state index is 12.7. The van der Waals surface area contributed by atoms with Crippen molar-refractivity contribution in [2.24, 2.45) is 12.8 Å². The number of benzene rings is 1. The van der Waals surface area contributed by atoms with E-state index in [2.05, 4.69) is 14.6 Å². The van der Waals surface area contributed by atoms with Gasteiger partial charge in [-0.25, -0.2) is 0 Å². The Morgan fingerprint density at radius 2 is 1.92 bits per heavy atom. The maximum Gasteiger partial charge on any atom is 0.451 e. The van der Waals surface area contributed by atoms with Crippen LogP contribution in [0.4, 0.5) is 13.2 Å². The summed E-state index contributed by atoms with van der Waals surface area (Å²) in [6, 6.07) is 7.63. The zero-order valence-corrected chi connectivity index (χ0v) is 15.8. The van der Waals surface area contributed by atoms with Crippen molar-refractivity contribution in [3.8, 4) is 10.4 Å². The highest BCUT2D eigenvalue weighted by atomic mass is 35.5. The van der Waals surface area contributed by atoms with E-state index in [0.717, 1.165) is 26.1 Å². The third-order valence-electron chi connectivity index (χ3n) is 3.62. The molecule has 11 heteroatoms. The first kappa shape index (κ1) is 19.2. The first-order valence-electron chi connectivity index (χ1n) is 7.34. The molecule has 2 heterocycles. The Morgan fingerprint density at radius 3 is 2.50 bits per heavy atom. The molecule has 0 saturated heterocycles. The molecule has 3 aromatic rings. The van der Waals surface area contributed by atoms with Crippen LogP contribution < -0.4 is 5.73 Å². The highest BCUT2D eigenvalue weighted by molar-refractivity contribution is 7.98. The van der Waals surface area contributed by atoms with Crippen LogP contribution in [0.5, 0.6) is 0 Å². The highest BCUT2D eigenvalue weighted by Gasteiger charge is 2.37. The van der Waals surface area contributed by atoms with Crippen LogP contribution in [0, 0.1) is 0 Å². The van der Waals surface area contributed by atoms with Crippen LogP contribution in [0.1, 0.15) is 17.0 Å². The van der Waals surface area contributed by atoms with Crippen molar-refractivity contribution in [3.05, 3.63) is 46.4 Å². The summed E-state index contributed by atoms with van der Waals surface area (Å²) >= 11 is 8.48. The van der Waals surface area contributed by atoms with E-state index in [1.165, 1.54) is 30.3 Å². The summed E-state index contributed by atoms with van der Waals surface area (Å²) in [5, 5.41) is 7.44. The molecule has 0 fully saturated rings. The van der Waals surface area contributed by atoms with Crippen LogP contribution in [0.2, 0.25) is 5.15 Å². The lowest BCUT2D eigenvalue weighted by atomic mass is 10.1. The van der Waals surface area contributed by atoms with Gasteiger partial charge in [-0.15, -0.1) is 10.2 Å². The molecule has 3 rings (SSSR count). The highest BCUT2D eigenvalue weighted by Crippen LogP contribution is 2.34. The van der Waals surface area contributed by atoms with Crippen molar-refractivity contribution in [2.75, 3.05) is 0 Å². The first-order chi connectivity index (χ1) is 12.3. The van der Waals surface area contributed by atoms with E-state index in [1.54, 1.807) is 0 Å². The summed E-state index contributed by atoms with van der Waals surface area (Å²) in [4.78, 5) is 0.917. The number of alkyl halides is 3. The van der Waals surface area contributed by atoms with Gasteiger partial charge in [0.15, 0.2) is 5.16 Å². The molecule has 0 radical (unpaired) electrons. The van der Waals surface area contributed by atoms with E-state index in [4.69, 9.17) is 17.3 Å². The molecule has 138 valence electrons. The molecule has 0 saturated carbocycles. The van der Waals surface area contributed by atoms with E-state index < -0.39 is 12.0 Å². The van der Waals surface area contributed by atoms with Crippen LogP contribution in [-0.2, 0) is 25.5 Å². The number of hydrogen-bond acceptors (Lipinski definition) is 6. The number of hydrogen-bond donors (Lipinski definition) is 1. The van der Waals surface area contributed by atoms with Crippen LogP contribution in [0.3, 0.4) is 0 Å². The van der Waals surface area contributed by atoms with Crippen LogP contribution in [0.15, 0.2) is 29.4 Å². The molecular formula is C15H13ClF3N5S2. The molecule has 2 N–H and O–H groups in total. The Balaban J connectivity index is 1.72. The smallest absolute Gasteiger partial charge is 0.326 e. The molecule has 1 aromatic carbocycles. The second-order valence-electron chi connectivity index (χ2n) is 5.33. The maximum absolute atomic E-state index is 12.7. The van der Waals surface area contributed by atoms with Gasteiger partial charge in [-0.05, 0) is 22.7 Å². The second kappa shape index (κ2) is 7.55. The van der Waals surface area contributed by atoms with Crippen molar-refractivity contribution < 1.29 is 13.2 Å². The Bertz CT molecular complexity index is 905. The van der Waals surface area contributed by atoms with Crippen molar-refractivity contribution >= 4 is 34.9 Å². The Morgan fingerprint density at radius 1 is 1.23 bits per heavy atom. The molecular weight excluding hydrogens is 407 g/mol. The lowest BCUT2D eigenvalue weighted by Crippen LogP contribution is -2.12. The van der Waals surface area contributed by atoms with Crippen molar-refractivity contribution in [1.29, 1.82) is 0 Å². The zero-order valence-electron chi connectivity index (χ0n) is 13.4. The van der Waals surface area contributed by atoms with Crippen molar-refractivity contribution in [1.82, 2.24) is 19.1 Å². The second-order valence-corrected chi connectivity index (χ2v) is 7.41. The van der Waals surface area contributed by atoms with E-state index in [1.807, 2.05) is 24.3 Å². The number of nitrogens with zero attached hydrogens (tertiary/aromatic N) is 4. The van der Waals surface area contributed by atoms with Gasteiger partial charge in [0, 0.05) is 24.9 Å². The number of thioether (sulfide) groups is 1. The summed E-state index contributed by atoms with van der Waals surface area (Å²) < 4.78 is 43.3. The summed E-state index contributed by atoms with van der Waals surface area (Å²) in [5.74, 6) is -0.538. The Hall–Kier alpha value is -1.62. The third kappa shape index (κ3) is 3.88. The standard InChI is InChI=1S/C15H13ClF3N5S2/c1-24-13(15(17,18)19)21-22-14(24)25-7-8-2-4-9(5-3-8)11-10(6-20)12(16)23-26-11/h2-5H,6-7,20H2,1H3. The van der Waals surface area contributed by atoms with Gasteiger partial charge in [0.2, 0.25) is 5.82 Å².